The monoisotopic (exact) mass is 271 g/mol. The van der Waals surface area contributed by atoms with Crippen LogP contribution in [0.4, 0.5) is 0 Å². The number of aryl methyl sites for hydroxylation is 1. The van der Waals surface area contributed by atoms with Gasteiger partial charge in [-0.1, -0.05) is 29.4 Å². The second-order valence-corrected chi connectivity index (χ2v) is 5.61. The first-order valence-electron chi connectivity index (χ1n) is 7.35. The molecule has 0 amide bonds. The van der Waals surface area contributed by atoms with Crippen LogP contribution in [0.25, 0.3) is 11.4 Å². The molecular formula is C16H21N3O. The minimum atomic E-state index is 0.421. The van der Waals surface area contributed by atoms with E-state index in [1.54, 1.807) is 0 Å². The van der Waals surface area contributed by atoms with Gasteiger partial charge in [-0.05, 0) is 45.2 Å². The molecule has 0 radical (unpaired) electrons. The fourth-order valence-electron chi connectivity index (χ4n) is 2.96. The zero-order chi connectivity index (χ0) is 13.9. The first kappa shape index (κ1) is 13.3. The van der Waals surface area contributed by atoms with Crippen LogP contribution < -0.4 is 5.32 Å². The molecule has 0 aliphatic heterocycles. The number of hydrogen-bond acceptors (Lipinski definition) is 4. The van der Waals surface area contributed by atoms with Crippen LogP contribution in [-0.4, -0.2) is 23.2 Å². The Kier molecular flexibility index (Phi) is 3.83. The van der Waals surface area contributed by atoms with E-state index in [0.29, 0.717) is 17.8 Å². The van der Waals surface area contributed by atoms with Gasteiger partial charge in [0.05, 0.1) is 0 Å². The first-order chi connectivity index (χ1) is 9.78. The molecule has 0 atom stereocenters. The second kappa shape index (κ2) is 5.75. The molecule has 1 heterocycles. The van der Waals surface area contributed by atoms with Crippen LogP contribution in [0.15, 0.2) is 28.8 Å². The van der Waals surface area contributed by atoms with Crippen molar-refractivity contribution in [1.82, 2.24) is 15.5 Å². The Balaban J connectivity index is 1.76. The van der Waals surface area contributed by atoms with Gasteiger partial charge in [0.15, 0.2) is 0 Å². The maximum atomic E-state index is 5.50. The van der Waals surface area contributed by atoms with Crippen molar-refractivity contribution in [2.45, 2.75) is 44.6 Å². The Hall–Kier alpha value is -1.68. The van der Waals surface area contributed by atoms with Crippen molar-refractivity contribution in [3.8, 4) is 11.4 Å². The summed E-state index contributed by atoms with van der Waals surface area (Å²) in [5.74, 6) is 1.94. The molecule has 20 heavy (non-hydrogen) atoms. The van der Waals surface area contributed by atoms with Crippen LogP contribution in [0.1, 0.15) is 43.1 Å². The molecule has 1 aliphatic carbocycles. The van der Waals surface area contributed by atoms with Gasteiger partial charge in [-0.2, -0.15) is 4.98 Å². The highest BCUT2D eigenvalue weighted by Crippen LogP contribution is 2.33. The Morgan fingerprint density at radius 3 is 2.60 bits per heavy atom. The predicted molar refractivity (Wildman–Crippen MR) is 78.5 cm³/mol. The fraction of sp³-hybridized carbons (Fsp3) is 0.500. The van der Waals surface area contributed by atoms with Gasteiger partial charge in [0, 0.05) is 17.5 Å². The molecule has 1 aromatic heterocycles. The molecule has 4 nitrogen and oxygen atoms in total. The quantitative estimate of drug-likeness (QED) is 0.930. The second-order valence-electron chi connectivity index (χ2n) is 5.61. The minimum Gasteiger partial charge on any atom is -0.339 e. The summed E-state index contributed by atoms with van der Waals surface area (Å²) >= 11 is 0. The molecule has 4 heteroatoms. The van der Waals surface area contributed by atoms with E-state index in [-0.39, 0.29) is 0 Å². The molecule has 0 spiro atoms. The summed E-state index contributed by atoms with van der Waals surface area (Å²) in [6.07, 6.45) is 4.62. The maximum Gasteiger partial charge on any atom is 0.230 e. The van der Waals surface area contributed by atoms with Crippen molar-refractivity contribution >= 4 is 0 Å². The number of benzene rings is 1. The summed E-state index contributed by atoms with van der Waals surface area (Å²) < 4.78 is 5.50. The van der Waals surface area contributed by atoms with Crippen LogP contribution >= 0.6 is 0 Å². The average molecular weight is 271 g/mol. The van der Waals surface area contributed by atoms with Crippen molar-refractivity contribution in [2.24, 2.45) is 0 Å². The van der Waals surface area contributed by atoms with Crippen LogP contribution in [0.5, 0.6) is 0 Å². The third-order valence-electron chi connectivity index (χ3n) is 4.31. The molecule has 2 aromatic rings. The minimum absolute atomic E-state index is 0.421. The summed E-state index contributed by atoms with van der Waals surface area (Å²) in [5, 5.41) is 7.51. The summed E-state index contributed by atoms with van der Waals surface area (Å²) in [5.41, 5.74) is 2.24. The van der Waals surface area contributed by atoms with Crippen LogP contribution in [-0.2, 0) is 0 Å². The normalized spacial score (nSPS) is 22.9. The van der Waals surface area contributed by atoms with Crippen LogP contribution in [0.2, 0.25) is 0 Å². The van der Waals surface area contributed by atoms with Gasteiger partial charge in [-0.25, -0.2) is 0 Å². The largest absolute Gasteiger partial charge is 0.339 e. The molecular weight excluding hydrogens is 250 g/mol. The number of hydrogen-bond donors (Lipinski definition) is 1. The van der Waals surface area contributed by atoms with Gasteiger partial charge < -0.3 is 9.84 Å². The number of aromatic nitrogens is 2. The Morgan fingerprint density at radius 2 is 1.90 bits per heavy atom. The summed E-state index contributed by atoms with van der Waals surface area (Å²) in [4.78, 5) is 4.62. The Bertz CT molecular complexity index is 571. The summed E-state index contributed by atoms with van der Waals surface area (Å²) in [7, 11) is 2.04. The van der Waals surface area contributed by atoms with Crippen LogP contribution in [0.3, 0.4) is 0 Å². The number of rotatable bonds is 3. The van der Waals surface area contributed by atoms with Crippen LogP contribution in [0, 0.1) is 6.92 Å². The molecule has 0 bridgehead atoms. The van der Waals surface area contributed by atoms with E-state index in [2.05, 4.69) is 28.4 Å². The highest BCUT2D eigenvalue weighted by Gasteiger charge is 2.26. The molecule has 1 N–H and O–H groups in total. The average Bonchev–Trinajstić information content (AvgIpc) is 2.97. The van der Waals surface area contributed by atoms with Gasteiger partial charge in [0.25, 0.3) is 0 Å². The van der Waals surface area contributed by atoms with Crippen molar-refractivity contribution in [2.75, 3.05) is 7.05 Å². The molecule has 3 rings (SSSR count). The topological polar surface area (TPSA) is 51.0 Å². The van der Waals surface area contributed by atoms with Gasteiger partial charge in [-0.15, -0.1) is 0 Å². The third-order valence-corrected chi connectivity index (χ3v) is 4.31. The highest BCUT2D eigenvalue weighted by atomic mass is 16.5. The maximum absolute atomic E-state index is 5.50. The predicted octanol–water partition coefficient (Wildman–Crippen LogP) is 3.29. The SMILES string of the molecule is CNC1CCC(c2nc(-c3ccccc3C)no2)CC1. The van der Waals surface area contributed by atoms with Gasteiger partial charge in [0.1, 0.15) is 0 Å². The van der Waals surface area contributed by atoms with E-state index in [1.807, 2.05) is 25.2 Å². The molecule has 1 saturated carbocycles. The molecule has 0 unspecified atom stereocenters. The first-order valence-corrected chi connectivity index (χ1v) is 7.35. The van der Waals surface area contributed by atoms with E-state index in [1.165, 1.54) is 18.4 Å². The zero-order valence-electron chi connectivity index (χ0n) is 12.1. The lowest BCUT2D eigenvalue weighted by atomic mass is 9.86. The van der Waals surface area contributed by atoms with Crippen molar-refractivity contribution in [1.29, 1.82) is 0 Å². The zero-order valence-corrected chi connectivity index (χ0v) is 12.1. The highest BCUT2D eigenvalue weighted by molar-refractivity contribution is 5.58. The Labute approximate surface area is 119 Å². The van der Waals surface area contributed by atoms with Crippen molar-refractivity contribution < 1.29 is 4.52 Å². The molecule has 0 saturated heterocycles. The molecule has 106 valence electrons. The van der Waals surface area contributed by atoms with Gasteiger partial charge in [-0.3, -0.25) is 0 Å². The molecule has 1 aromatic carbocycles. The standard InChI is InChI=1S/C16H21N3O/c1-11-5-3-4-6-14(11)15-18-16(20-19-15)12-7-9-13(17-2)10-8-12/h3-6,12-13,17H,7-10H2,1-2H3. The Morgan fingerprint density at radius 1 is 1.15 bits per heavy atom. The molecule has 1 fully saturated rings. The summed E-state index contributed by atoms with van der Waals surface area (Å²) in [6.45, 7) is 2.07. The third kappa shape index (κ3) is 2.61. The van der Waals surface area contributed by atoms with E-state index >= 15 is 0 Å². The molecule has 1 aliphatic rings. The number of nitrogens with one attached hydrogen (secondary N) is 1. The number of nitrogens with zero attached hydrogens (tertiary/aromatic N) is 2. The van der Waals surface area contributed by atoms with Crippen molar-refractivity contribution in [3.63, 3.8) is 0 Å². The van der Waals surface area contributed by atoms with E-state index < -0.39 is 0 Å². The smallest absolute Gasteiger partial charge is 0.230 e. The lowest BCUT2D eigenvalue weighted by Gasteiger charge is -2.25. The lowest BCUT2D eigenvalue weighted by molar-refractivity contribution is 0.289. The lowest BCUT2D eigenvalue weighted by Crippen LogP contribution is -2.29. The van der Waals surface area contributed by atoms with E-state index in [9.17, 15) is 0 Å². The van der Waals surface area contributed by atoms with Gasteiger partial charge >= 0.3 is 0 Å². The summed E-state index contributed by atoms with van der Waals surface area (Å²) in [6, 6.07) is 8.80. The van der Waals surface area contributed by atoms with E-state index in [0.717, 1.165) is 24.3 Å². The van der Waals surface area contributed by atoms with Crippen molar-refractivity contribution in [3.05, 3.63) is 35.7 Å². The van der Waals surface area contributed by atoms with E-state index in [4.69, 9.17) is 4.52 Å². The van der Waals surface area contributed by atoms with Gasteiger partial charge in [0.2, 0.25) is 11.7 Å². The fourth-order valence-corrected chi connectivity index (χ4v) is 2.96.